The van der Waals surface area contributed by atoms with Gasteiger partial charge in [-0.15, -0.1) is 0 Å². The van der Waals surface area contributed by atoms with Crippen LogP contribution >= 0.6 is 0 Å². The Balaban J connectivity index is 2.50. The van der Waals surface area contributed by atoms with E-state index in [1.807, 2.05) is 0 Å². The predicted octanol–water partition coefficient (Wildman–Crippen LogP) is 0.871. The summed E-state index contributed by atoms with van der Waals surface area (Å²) >= 11 is 0. The summed E-state index contributed by atoms with van der Waals surface area (Å²) in [5.74, 6) is -5.05. The fraction of sp³-hybridized carbons (Fsp3) is 0.133. The molecular weight excluding hydrogens is 306 g/mol. The highest BCUT2D eigenvalue weighted by molar-refractivity contribution is 6.00. The van der Waals surface area contributed by atoms with Gasteiger partial charge >= 0.3 is 17.9 Å². The summed E-state index contributed by atoms with van der Waals surface area (Å²) in [7, 11) is 0. The van der Waals surface area contributed by atoms with Crippen LogP contribution < -0.4 is 5.32 Å². The molecule has 5 N–H and O–H groups in total. The second-order valence-electron chi connectivity index (χ2n) is 4.77. The molecule has 23 heavy (non-hydrogen) atoms. The smallest absolute Gasteiger partial charge is 0.339 e. The molecule has 0 fully saturated rings. The van der Waals surface area contributed by atoms with Crippen molar-refractivity contribution in [3.8, 4) is 5.75 Å². The maximum absolute atomic E-state index is 11.2. The minimum Gasteiger partial charge on any atom is -0.507 e. The van der Waals surface area contributed by atoms with Gasteiger partial charge in [0.15, 0.2) is 0 Å². The van der Waals surface area contributed by atoms with Crippen LogP contribution in [0, 0.1) is 0 Å². The lowest BCUT2D eigenvalue weighted by Gasteiger charge is -2.14. The first-order chi connectivity index (χ1) is 10.8. The highest BCUT2D eigenvalue weighted by atomic mass is 16.4. The van der Waals surface area contributed by atoms with Crippen LogP contribution in [0.4, 0.5) is 0 Å². The van der Waals surface area contributed by atoms with Gasteiger partial charge in [-0.1, -0.05) is 24.3 Å². The fourth-order valence-corrected chi connectivity index (χ4v) is 2.24. The topological polar surface area (TPSA) is 144 Å². The Labute approximate surface area is 129 Å². The van der Waals surface area contributed by atoms with Gasteiger partial charge < -0.3 is 20.4 Å². The first-order valence-electron chi connectivity index (χ1n) is 6.48. The number of hydrogen-bond acceptors (Lipinski definition) is 5. The molecule has 0 heterocycles. The average Bonchev–Trinajstić information content (AvgIpc) is 2.48. The number of nitrogens with one attached hydrogen (secondary N) is 1. The monoisotopic (exact) mass is 319 g/mol. The molecule has 120 valence electrons. The third-order valence-corrected chi connectivity index (χ3v) is 3.33. The van der Waals surface area contributed by atoms with Gasteiger partial charge in [-0.3, -0.25) is 5.32 Å². The van der Waals surface area contributed by atoms with Crippen LogP contribution in [0.15, 0.2) is 30.3 Å². The highest BCUT2D eigenvalue weighted by Crippen LogP contribution is 2.31. The molecule has 0 bridgehead atoms. The Morgan fingerprint density at radius 3 is 2.22 bits per heavy atom. The molecule has 0 amide bonds. The maximum atomic E-state index is 11.2. The standard InChI is InChI=1S/C15H13NO7/c17-12-9(13(18)19)5-7-3-1-2-4-8(7)10(12)6-16-11(14(20)21)15(22)23/h1-5,11,16-17H,6H2,(H,18,19)(H,20,21)(H,22,23). The van der Waals surface area contributed by atoms with Gasteiger partial charge in [-0.2, -0.15) is 0 Å². The molecule has 0 aromatic heterocycles. The van der Waals surface area contributed by atoms with Crippen molar-refractivity contribution in [1.82, 2.24) is 5.32 Å². The summed E-state index contributed by atoms with van der Waals surface area (Å²) < 4.78 is 0. The van der Waals surface area contributed by atoms with Crippen molar-refractivity contribution in [2.45, 2.75) is 12.6 Å². The Morgan fingerprint density at radius 1 is 1.04 bits per heavy atom. The van der Waals surface area contributed by atoms with Gasteiger partial charge in [0, 0.05) is 12.1 Å². The number of benzene rings is 2. The van der Waals surface area contributed by atoms with E-state index in [0.717, 1.165) is 0 Å². The number of rotatable bonds is 6. The van der Waals surface area contributed by atoms with Crippen LogP contribution in [0.2, 0.25) is 0 Å². The van der Waals surface area contributed by atoms with Crippen LogP contribution in [0.1, 0.15) is 15.9 Å². The van der Waals surface area contributed by atoms with E-state index in [2.05, 4.69) is 5.32 Å². The van der Waals surface area contributed by atoms with E-state index in [-0.39, 0.29) is 17.7 Å². The maximum Gasteiger partial charge on any atom is 0.339 e. The van der Waals surface area contributed by atoms with E-state index in [1.165, 1.54) is 6.07 Å². The van der Waals surface area contributed by atoms with Crippen molar-refractivity contribution in [2.75, 3.05) is 0 Å². The second kappa shape index (κ2) is 6.32. The van der Waals surface area contributed by atoms with E-state index in [1.54, 1.807) is 24.3 Å². The minimum absolute atomic E-state index is 0.119. The van der Waals surface area contributed by atoms with Crippen molar-refractivity contribution < 1.29 is 34.8 Å². The largest absolute Gasteiger partial charge is 0.507 e. The van der Waals surface area contributed by atoms with Gasteiger partial charge in [0.1, 0.15) is 11.3 Å². The SMILES string of the molecule is O=C(O)c1cc2ccccc2c(CNC(C(=O)O)C(=O)O)c1O. The molecular formula is C15H13NO7. The second-order valence-corrected chi connectivity index (χ2v) is 4.77. The zero-order valence-electron chi connectivity index (χ0n) is 11.7. The molecule has 2 aromatic carbocycles. The van der Waals surface area contributed by atoms with Gasteiger partial charge in [-0.25, -0.2) is 14.4 Å². The quantitative estimate of drug-likeness (QED) is 0.493. The first kappa shape index (κ1) is 16.2. The number of aromatic carboxylic acids is 1. The van der Waals surface area contributed by atoms with Crippen LogP contribution in [0.5, 0.6) is 5.75 Å². The normalized spacial score (nSPS) is 10.8. The van der Waals surface area contributed by atoms with Crippen molar-refractivity contribution in [3.63, 3.8) is 0 Å². The Morgan fingerprint density at radius 2 is 1.65 bits per heavy atom. The molecule has 2 aromatic rings. The van der Waals surface area contributed by atoms with Gasteiger partial charge in [0.05, 0.1) is 0 Å². The Hall–Kier alpha value is -3.13. The number of aliphatic carboxylic acids is 2. The summed E-state index contributed by atoms with van der Waals surface area (Å²) in [6.45, 7) is -0.323. The molecule has 0 aliphatic heterocycles. The molecule has 0 radical (unpaired) electrons. The van der Waals surface area contributed by atoms with Crippen molar-refractivity contribution in [1.29, 1.82) is 0 Å². The molecule has 0 aliphatic rings. The van der Waals surface area contributed by atoms with E-state index in [4.69, 9.17) is 15.3 Å². The zero-order chi connectivity index (χ0) is 17.1. The zero-order valence-corrected chi connectivity index (χ0v) is 11.7. The van der Waals surface area contributed by atoms with Crippen LogP contribution in [0.25, 0.3) is 10.8 Å². The molecule has 2 rings (SSSR count). The van der Waals surface area contributed by atoms with Gasteiger partial charge in [-0.05, 0) is 16.8 Å². The lowest BCUT2D eigenvalue weighted by Crippen LogP contribution is -2.42. The lowest BCUT2D eigenvalue weighted by molar-refractivity contribution is -0.151. The predicted molar refractivity (Wildman–Crippen MR) is 78.5 cm³/mol. The number of fused-ring (bicyclic) bond motifs is 1. The van der Waals surface area contributed by atoms with E-state index < -0.39 is 29.7 Å². The summed E-state index contributed by atoms with van der Waals surface area (Å²) in [6.07, 6.45) is 0. The van der Waals surface area contributed by atoms with Crippen molar-refractivity contribution in [3.05, 3.63) is 41.5 Å². The summed E-state index contributed by atoms with van der Waals surface area (Å²) in [5.41, 5.74) is -0.226. The van der Waals surface area contributed by atoms with Gasteiger partial charge in [0.2, 0.25) is 6.04 Å². The molecule has 0 saturated carbocycles. The number of carboxylic acids is 3. The number of phenols is 1. The summed E-state index contributed by atoms with van der Waals surface area (Å²) in [5, 5.41) is 40.3. The molecule has 0 saturated heterocycles. The van der Waals surface area contributed by atoms with Crippen LogP contribution in [0.3, 0.4) is 0 Å². The Bertz CT molecular complexity index is 786. The Kier molecular flexibility index (Phi) is 4.47. The highest BCUT2D eigenvalue weighted by Gasteiger charge is 2.26. The molecule has 0 atom stereocenters. The number of aromatic hydroxyl groups is 1. The van der Waals surface area contributed by atoms with Gasteiger partial charge in [0.25, 0.3) is 0 Å². The molecule has 0 aliphatic carbocycles. The summed E-state index contributed by atoms with van der Waals surface area (Å²) in [6, 6.07) is 6.02. The average molecular weight is 319 g/mol. The number of carbonyl (C=O) groups is 3. The van der Waals surface area contributed by atoms with Crippen LogP contribution in [-0.4, -0.2) is 44.4 Å². The number of carboxylic acid groups (broad SMARTS) is 3. The fourth-order valence-electron chi connectivity index (χ4n) is 2.24. The third-order valence-electron chi connectivity index (χ3n) is 3.33. The molecule has 0 spiro atoms. The minimum atomic E-state index is -1.87. The van der Waals surface area contributed by atoms with E-state index in [9.17, 15) is 19.5 Å². The molecule has 8 heteroatoms. The van der Waals surface area contributed by atoms with Crippen molar-refractivity contribution >= 4 is 28.7 Å². The van der Waals surface area contributed by atoms with E-state index >= 15 is 0 Å². The molecule has 0 unspecified atom stereocenters. The van der Waals surface area contributed by atoms with Crippen LogP contribution in [-0.2, 0) is 16.1 Å². The number of hydrogen-bond donors (Lipinski definition) is 5. The van der Waals surface area contributed by atoms with Crippen molar-refractivity contribution in [2.24, 2.45) is 0 Å². The first-order valence-corrected chi connectivity index (χ1v) is 6.48. The third kappa shape index (κ3) is 3.22. The summed E-state index contributed by atoms with van der Waals surface area (Å²) in [4.78, 5) is 33.0. The lowest BCUT2D eigenvalue weighted by atomic mass is 9.99. The van der Waals surface area contributed by atoms with E-state index in [0.29, 0.717) is 10.8 Å². The molecule has 8 nitrogen and oxygen atoms in total.